The number of benzene rings is 2. The van der Waals surface area contributed by atoms with Gasteiger partial charge in [0.2, 0.25) is 0 Å². The van der Waals surface area contributed by atoms with Crippen molar-refractivity contribution in [1.29, 1.82) is 0 Å². The Balaban J connectivity index is 2.08. The highest BCUT2D eigenvalue weighted by molar-refractivity contribution is 9.10. The van der Waals surface area contributed by atoms with Gasteiger partial charge in [-0.25, -0.2) is 4.98 Å². The second-order valence-corrected chi connectivity index (χ2v) is 7.97. The summed E-state index contributed by atoms with van der Waals surface area (Å²) in [4.78, 5) is 17.4. The van der Waals surface area contributed by atoms with E-state index in [1.807, 2.05) is 44.2 Å². The van der Waals surface area contributed by atoms with Crippen LogP contribution in [0.5, 0.6) is 11.5 Å². The van der Waals surface area contributed by atoms with E-state index < -0.39 is 0 Å². The molecule has 156 valence electrons. The van der Waals surface area contributed by atoms with Gasteiger partial charge in [0.25, 0.3) is 5.56 Å². The number of rotatable bonds is 7. The van der Waals surface area contributed by atoms with Crippen LogP contribution in [0, 0.1) is 6.92 Å². The molecule has 0 amide bonds. The lowest BCUT2D eigenvalue weighted by Crippen LogP contribution is -2.20. The highest BCUT2D eigenvalue weighted by atomic mass is 79.9. The number of ether oxygens (including phenoxy) is 2. The van der Waals surface area contributed by atoms with Crippen LogP contribution in [-0.4, -0.2) is 29.1 Å². The molecule has 3 rings (SSSR count). The largest absolute Gasteiger partial charge is 0.493 e. The molecule has 0 atom stereocenters. The fourth-order valence-corrected chi connectivity index (χ4v) is 3.47. The summed E-state index contributed by atoms with van der Waals surface area (Å²) in [6.07, 6.45) is 4.05. The Hall–Kier alpha value is -2.93. The molecule has 2 aromatic carbocycles. The minimum absolute atomic E-state index is 0.00575. The standard InChI is InChI=1S/C23H24BrN3O3/c1-6-7-17-10-16(11-21(29-5)22(17)30-14(2)3)13-25-27-15(4)26-20-9-8-18(24)12-19(20)23(27)28/h6,8-14H,1,7H2,2-5H3. The van der Waals surface area contributed by atoms with Gasteiger partial charge >= 0.3 is 0 Å². The van der Waals surface area contributed by atoms with Crippen molar-refractivity contribution in [3.63, 3.8) is 0 Å². The van der Waals surface area contributed by atoms with Crippen LogP contribution in [-0.2, 0) is 6.42 Å². The molecule has 0 bridgehead atoms. The summed E-state index contributed by atoms with van der Waals surface area (Å²) in [7, 11) is 1.60. The Morgan fingerprint density at radius 3 is 2.73 bits per heavy atom. The maximum atomic E-state index is 12.9. The van der Waals surface area contributed by atoms with Crippen molar-refractivity contribution in [3.05, 3.63) is 74.8 Å². The van der Waals surface area contributed by atoms with Gasteiger partial charge in [-0.05, 0) is 63.1 Å². The van der Waals surface area contributed by atoms with Crippen molar-refractivity contribution < 1.29 is 9.47 Å². The average molecular weight is 470 g/mol. The lowest BCUT2D eigenvalue weighted by atomic mass is 10.1. The molecule has 7 heteroatoms. The van der Waals surface area contributed by atoms with Crippen LogP contribution in [0.15, 0.2) is 57.4 Å². The molecule has 30 heavy (non-hydrogen) atoms. The lowest BCUT2D eigenvalue weighted by molar-refractivity contribution is 0.228. The van der Waals surface area contributed by atoms with Gasteiger partial charge in [0, 0.05) is 10.0 Å². The van der Waals surface area contributed by atoms with Crippen molar-refractivity contribution in [2.75, 3.05) is 7.11 Å². The molecular weight excluding hydrogens is 446 g/mol. The SMILES string of the molecule is C=CCc1cc(C=Nn2c(C)nc3ccc(Br)cc3c2=O)cc(OC)c1OC(C)C. The van der Waals surface area contributed by atoms with Crippen LogP contribution in [0.3, 0.4) is 0 Å². The predicted molar refractivity (Wildman–Crippen MR) is 124 cm³/mol. The normalized spacial score (nSPS) is 11.4. The molecular formula is C23H24BrN3O3. The van der Waals surface area contributed by atoms with Crippen LogP contribution in [0.1, 0.15) is 30.8 Å². The first kappa shape index (κ1) is 21.8. The molecule has 0 aliphatic heterocycles. The third-order valence-electron chi connectivity index (χ3n) is 4.38. The molecule has 0 saturated heterocycles. The first-order valence-electron chi connectivity index (χ1n) is 9.55. The fraction of sp³-hybridized carbons (Fsp3) is 0.261. The van der Waals surface area contributed by atoms with Crippen LogP contribution in [0.4, 0.5) is 0 Å². The van der Waals surface area contributed by atoms with Crippen LogP contribution in [0.2, 0.25) is 0 Å². The zero-order valence-corrected chi connectivity index (χ0v) is 19.1. The van der Waals surface area contributed by atoms with Gasteiger partial charge in [-0.3, -0.25) is 4.79 Å². The maximum Gasteiger partial charge on any atom is 0.282 e. The number of nitrogens with zero attached hydrogens (tertiary/aromatic N) is 3. The van der Waals surface area contributed by atoms with Crippen molar-refractivity contribution in [2.24, 2.45) is 5.10 Å². The second-order valence-electron chi connectivity index (χ2n) is 7.05. The lowest BCUT2D eigenvalue weighted by Gasteiger charge is -2.17. The maximum absolute atomic E-state index is 12.9. The van der Waals surface area contributed by atoms with Crippen molar-refractivity contribution in [2.45, 2.75) is 33.3 Å². The quantitative estimate of drug-likeness (QED) is 0.365. The molecule has 0 aliphatic rings. The van der Waals surface area contributed by atoms with E-state index in [0.29, 0.717) is 34.6 Å². The average Bonchev–Trinajstić information content (AvgIpc) is 2.70. The first-order chi connectivity index (χ1) is 14.3. The fourth-order valence-electron chi connectivity index (χ4n) is 3.11. The van der Waals surface area contributed by atoms with Gasteiger partial charge in [0.15, 0.2) is 11.5 Å². The first-order valence-corrected chi connectivity index (χ1v) is 10.3. The molecule has 3 aromatic rings. The highest BCUT2D eigenvalue weighted by Gasteiger charge is 2.14. The Bertz CT molecular complexity index is 1180. The van der Waals surface area contributed by atoms with E-state index in [4.69, 9.17) is 9.47 Å². The monoisotopic (exact) mass is 469 g/mol. The van der Waals surface area contributed by atoms with E-state index in [9.17, 15) is 4.79 Å². The molecule has 0 saturated carbocycles. The molecule has 1 aromatic heterocycles. The minimum Gasteiger partial charge on any atom is -0.493 e. The number of allylic oxidation sites excluding steroid dienone is 1. The third-order valence-corrected chi connectivity index (χ3v) is 4.88. The van der Waals surface area contributed by atoms with Crippen LogP contribution in [0.25, 0.3) is 10.9 Å². The molecule has 0 spiro atoms. The number of aromatic nitrogens is 2. The van der Waals surface area contributed by atoms with Gasteiger partial charge in [0.1, 0.15) is 5.82 Å². The summed E-state index contributed by atoms with van der Waals surface area (Å²) in [6.45, 7) is 9.51. The molecule has 0 fully saturated rings. The molecule has 1 heterocycles. The van der Waals surface area contributed by atoms with E-state index in [0.717, 1.165) is 15.6 Å². The van der Waals surface area contributed by atoms with Crippen molar-refractivity contribution in [1.82, 2.24) is 9.66 Å². The Morgan fingerprint density at radius 2 is 2.07 bits per heavy atom. The van der Waals surface area contributed by atoms with E-state index in [-0.39, 0.29) is 11.7 Å². The molecule has 0 unspecified atom stereocenters. The minimum atomic E-state index is -0.229. The number of fused-ring (bicyclic) bond motifs is 1. The van der Waals surface area contributed by atoms with E-state index in [1.165, 1.54) is 4.68 Å². The Morgan fingerprint density at radius 1 is 1.30 bits per heavy atom. The molecule has 0 radical (unpaired) electrons. The van der Waals surface area contributed by atoms with Gasteiger partial charge in [-0.1, -0.05) is 22.0 Å². The number of aryl methyl sites for hydroxylation is 1. The second kappa shape index (κ2) is 9.26. The number of hydrogen-bond acceptors (Lipinski definition) is 5. The van der Waals surface area contributed by atoms with Crippen molar-refractivity contribution in [3.8, 4) is 11.5 Å². The number of hydrogen-bond donors (Lipinski definition) is 0. The highest BCUT2D eigenvalue weighted by Crippen LogP contribution is 2.34. The van der Waals surface area contributed by atoms with Gasteiger partial charge in [-0.2, -0.15) is 9.78 Å². The van der Waals surface area contributed by atoms with Gasteiger partial charge in [-0.15, -0.1) is 6.58 Å². The Kier molecular flexibility index (Phi) is 6.72. The zero-order chi connectivity index (χ0) is 21.8. The van der Waals surface area contributed by atoms with Gasteiger partial charge < -0.3 is 9.47 Å². The summed E-state index contributed by atoms with van der Waals surface area (Å²) < 4.78 is 13.6. The van der Waals surface area contributed by atoms with Crippen LogP contribution < -0.4 is 15.0 Å². The number of halogens is 1. The summed E-state index contributed by atoms with van der Waals surface area (Å²) in [6, 6.07) is 9.20. The van der Waals surface area contributed by atoms with E-state index >= 15 is 0 Å². The van der Waals surface area contributed by atoms with E-state index in [2.05, 4.69) is 32.6 Å². The summed E-state index contributed by atoms with van der Waals surface area (Å²) in [5.41, 5.74) is 2.12. The molecule has 0 aliphatic carbocycles. The summed E-state index contributed by atoms with van der Waals surface area (Å²) in [5.74, 6) is 1.80. The van der Waals surface area contributed by atoms with E-state index in [1.54, 1.807) is 26.3 Å². The van der Waals surface area contributed by atoms with Crippen LogP contribution >= 0.6 is 15.9 Å². The molecule has 6 nitrogen and oxygen atoms in total. The number of methoxy groups -OCH3 is 1. The topological polar surface area (TPSA) is 65.7 Å². The smallest absolute Gasteiger partial charge is 0.282 e. The molecule has 0 N–H and O–H groups in total. The summed E-state index contributed by atoms with van der Waals surface area (Å²) in [5, 5.41) is 4.90. The predicted octanol–water partition coefficient (Wildman–Crippen LogP) is 4.87. The van der Waals surface area contributed by atoms with Crippen molar-refractivity contribution >= 4 is 33.0 Å². The Labute approximate surface area is 184 Å². The van der Waals surface area contributed by atoms with Gasteiger partial charge in [0.05, 0.1) is 30.3 Å². The zero-order valence-electron chi connectivity index (χ0n) is 17.5. The third kappa shape index (κ3) is 4.62. The summed E-state index contributed by atoms with van der Waals surface area (Å²) >= 11 is 3.40.